The van der Waals surface area contributed by atoms with Crippen LogP contribution in [0.15, 0.2) is 15.9 Å². The fraction of sp³-hybridized carbons (Fsp3) is 0.444. The topological polar surface area (TPSA) is 72.5 Å². The molecule has 0 aliphatic rings. The van der Waals surface area contributed by atoms with Gasteiger partial charge < -0.3 is 4.74 Å². The third-order valence-corrected chi connectivity index (χ3v) is 5.20. The SMILES string of the molecule is COC(=O)CCS(=O)(=O)NCc1sccc1Br. The smallest absolute Gasteiger partial charge is 0.306 e. The monoisotopic (exact) mass is 341 g/mol. The lowest BCUT2D eigenvalue weighted by molar-refractivity contribution is -0.140. The Balaban J connectivity index is 2.45. The molecule has 5 nitrogen and oxygen atoms in total. The molecular weight excluding hydrogens is 330 g/mol. The molecule has 1 aromatic heterocycles. The second kappa shape index (κ2) is 6.48. The van der Waals surface area contributed by atoms with Gasteiger partial charge in [-0.3, -0.25) is 4.79 Å². The van der Waals surface area contributed by atoms with Crippen molar-refractivity contribution in [2.75, 3.05) is 12.9 Å². The molecule has 0 bridgehead atoms. The molecule has 0 spiro atoms. The molecule has 8 heteroatoms. The number of methoxy groups -OCH3 is 1. The van der Waals surface area contributed by atoms with E-state index in [0.717, 1.165) is 9.35 Å². The summed E-state index contributed by atoms with van der Waals surface area (Å²) in [6.07, 6.45) is -0.141. The van der Waals surface area contributed by atoms with Crippen molar-refractivity contribution < 1.29 is 17.9 Å². The van der Waals surface area contributed by atoms with Gasteiger partial charge in [0.1, 0.15) is 0 Å². The molecule has 1 rings (SSSR count). The first-order chi connectivity index (χ1) is 7.94. The molecule has 0 unspecified atom stereocenters. The van der Waals surface area contributed by atoms with Crippen LogP contribution < -0.4 is 4.72 Å². The molecule has 0 saturated carbocycles. The number of hydrogen-bond acceptors (Lipinski definition) is 5. The molecule has 0 aromatic carbocycles. The third kappa shape index (κ3) is 5.15. The number of halogens is 1. The predicted octanol–water partition coefficient (Wildman–Crippen LogP) is 1.49. The molecular formula is C9H12BrNO4S2. The zero-order valence-electron chi connectivity index (χ0n) is 9.10. The normalized spacial score (nSPS) is 11.4. The average molecular weight is 342 g/mol. The number of carbonyl (C=O) groups is 1. The van der Waals surface area contributed by atoms with E-state index in [0.29, 0.717) is 0 Å². The van der Waals surface area contributed by atoms with Gasteiger partial charge in [-0.25, -0.2) is 13.1 Å². The van der Waals surface area contributed by atoms with E-state index in [9.17, 15) is 13.2 Å². The second-order valence-electron chi connectivity index (χ2n) is 3.16. The minimum absolute atomic E-state index is 0.141. The van der Waals surface area contributed by atoms with Gasteiger partial charge in [0.25, 0.3) is 0 Å². The van der Waals surface area contributed by atoms with Crippen molar-refractivity contribution in [3.8, 4) is 0 Å². The van der Waals surface area contributed by atoms with Crippen molar-refractivity contribution in [1.29, 1.82) is 0 Å². The fourth-order valence-electron chi connectivity index (χ4n) is 1.02. The minimum atomic E-state index is -3.44. The van der Waals surface area contributed by atoms with Crippen LogP contribution in [-0.4, -0.2) is 27.2 Å². The van der Waals surface area contributed by atoms with Gasteiger partial charge in [-0.15, -0.1) is 11.3 Å². The number of carbonyl (C=O) groups excluding carboxylic acids is 1. The Bertz CT molecular complexity index is 483. The molecule has 0 aliphatic heterocycles. The molecule has 1 heterocycles. The number of thiophene rings is 1. The summed E-state index contributed by atoms with van der Waals surface area (Å²) in [6.45, 7) is 0.224. The van der Waals surface area contributed by atoms with E-state index in [-0.39, 0.29) is 18.7 Å². The van der Waals surface area contributed by atoms with Gasteiger partial charge in [0, 0.05) is 15.9 Å². The molecule has 17 heavy (non-hydrogen) atoms. The molecule has 0 atom stereocenters. The Morgan fingerprint density at radius 2 is 2.29 bits per heavy atom. The van der Waals surface area contributed by atoms with Gasteiger partial charge in [0.2, 0.25) is 10.0 Å². The van der Waals surface area contributed by atoms with Crippen LogP contribution in [0.5, 0.6) is 0 Å². The maximum atomic E-state index is 11.5. The van der Waals surface area contributed by atoms with Gasteiger partial charge in [-0.1, -0.05) is 0 Å². The summed E-state index contributed by atoms with van der Waals surface area (Å²) in [4.78, 5) is 11.7. The average Bonchev–Trinajstić information content (AvgIpc) is 2.69. The number of nitrogens with one attached hydrogen (secondary N) is 1. The molecule has 1 aromatic rings. The van der Waals surface area contributed by atoms with Gasteiger partial charge >= 0.3 is 5.97 Å². The van der Waals surface area contributed by atoms with Gasteiger partial charge in [-0.05, 0) is 27.4 Å². The first-order valence-electron chi connectivity index (χ1n) is 4.70. The summed E-state index contributed by atoms with van der Waals surface area (Å²) in [5.41, 5.74) is 0. The van der Waals surface area contributed by atoms with Crippen molar-refractivity contribution in [2.45, 2.75) is 13.0 Å². The van der Waals surface area contributed by atoms with E-state index in [1.54, 1.807) is 0 Å². The largest absolute Gasteiger partial charge is 0.469 e. The number of esters is 1. The lowest BCUT2D eigenvalue weighted by atomic mass is 10.5. The first kappa shape index (κ1) is 14.6. The molecule has 0 saturated heterocycles. The van der Waals surface area contributed by atoms with E-state index in [1.807, 2.05) is 11.4 Å². The van der Waals surface area contributed by atoms with Crippen LogP contribution in [0.2, 0.25) is 0 Å². The van der Waals surface area contributed by atoms with Crippen molar-refractivity contribution in [1.82, 2.24) is 4.72 Å². The van der Waals surface area contributed by atoms with Crippen LogP contribution in [0, 0.1) is 0 Å². The quantitative estimate of drug-likeness (QED) is 0.795. The highest BCUT2D eigenvalue weighted by molar-refractivity contribution is 9.10. The van der Waals surface area contributed by atoms with Crippen molar-refractivity contribution >= 4 is 43.3 Å². The van der Waals surface area contributed by atoms with Gasteiger partial charge in [0.05, 0.1) is 19.3 Å². The minimum Gasteiger partial charge on any atom is -0.469 e. The number of rotatable bonds is 6. The van der Waals surface area contributed by atoms with Crippen LogP contribution in [0.25, 0.3) is 0 Å². The van der Waals surface area contributed by atoms with E-state index >= 15 is 0 Å². The third-order valence-electron chi connectivity index (χ3n) is 1.95. The Hall–Kier alpha value is -0.440. The van der Waals surface area contributed by atoms with Crippen LogP contribution in [0.4, 0.5) is 0 Å². The van der Waals surface area contributed by atoms with E-state index in [2.05, 4.69) is 25.4 Å². The predicted molar refractivity (Wildman–Crippen MR) is 69.3 cm³/mol. The van der Waals surface area contributed by atoms with Crippen molar-refractivity contribution in [2.24, 2.45) is 0 Å². The highest BCUT2D eigenvalue weighted by Crippen LogP contribution is 2.22. The number of hydrogen-bond donors (Lipinski definition) is 1. The Labute approximate surface area is 112 Å². The summed E-state index contributed by atoms with van der Waals surface area (Å²) < 4.78 is 30.7. The molecule has 96 valence electrons. The molecule has 0 aliphatic carbocycles. The number of sulfonamides is 1. The van der Waals surface area contributed by atoms with E-state index in [1.165, 1.54) is 18.4 Å². The fourth-order valence-corrected chi connectivity index (χ4v) is 3.49. The van der Waals surface area contributed by atoms with E-state index in [4.69, 9.17) is 0 Å². The highest BCUT2D eigenvalue weighted by Gasteiger charge is 2.14. The zero-order valence-corrected chi connectivity index (χ0v) is 12.3. The Morgan fingerprint density at radius 3 is 2.82 bits per heavy atom. The standard InChI is InChI=1S/C9H12BrNO4S2/c1-15-9(12)3-5-17(13,14)11-6-8-7(10)2-4-16-8/h2,4,11H,3,5-6H2,1H3. The highest BCUT2D eigenvalue weighted by atomic mass is 79.9. The summed E-state index contributed by atoms with van der Waals surface area (Å²) in [5.74, 6) is -0.796. The van der Waals surface area contributed by atoms with E-state index < -0.39 is 16.0 Å². The Kier molecular flexibility index (Phi) is 5.57. The lowest BCUT2D eigenvalue weighted by Gasteiger charge is -2.05. The van der Waals surface area contributed by atoms with Crippen LogP contribution >= 0.6 is 27.3 Å². The summed E-state index contributed by atoms with van der Waals surface area (Å²) in [7, 11) is -2.22. The van der Waals surface area contributed by atoms with Crippen LogP contribution in [0.3, 0.4) is 0 Å². The van der Waals surface area contributed by atoms with Crippen LogP contribution in [-0.2, 0) is 26.1 Å². The molecule has 1 N–H and O–H groups in total. The van der Waals surface area contributed by atoms with Crippen LogP contribution in [0.1, 0.15) is 11.3 Å². The first-order valence-corrected chi connectivity index (χ1v) is 8.03. The number of ether oxygens (including phenoxy) is 1. The second-order valence-corrected chi connectivity index (χ2v) is 6.94. The maximum absolute atomic E-state index is 11.5. The maximum Gasteiger partial charge on any atom is 0.306 e. The molecule has 0 fully saturated rings. The van der Waals surface area contributed by atoms with Gasteiger partial charge in [-0.2, -0.15) is 0 Å². The van der Waals surface area contributed by atoms with Crippen molar-refractivity contribution in [3.63, 3.8) is 0 Å². The molecule has 0 radical (unpaired) electrons. The summed E-state index contributed by atoms with van der Waals surface area (Å²) in [5, 5.41) is 1.86. The zero-order chi connectivity index (χ0) is 12.9. The van der Waals surface area contributed by atoms with Crippen molar-refractivity contribution in [3.05, 3.63) is 20.8 Å². The molecule has 0 amide bonds. The summed E-state index contributed by atoms with van der Waals surface area (Å²) >= 11 is 4.76. The Morgan fingerprint density at radius 1 is 1.59 bits per heavy atom. The lowest BCUT2D eigenvalue weighted by Crippen LogP contribution is -2.27. The summed E-state index contributed by atoms with van der Waals surface area (Å²) in [6, 6.07) is 1.85. The van der Waals surface area contributed by atoms with Gasteiger partial charge in [0.15, 0.2) is 0 Å².